The quantitative estimate of drug-likeness (QED) is 0.735. The van der Waals surface area contributed by atoms with Gasteiger partial charge in [0.1, 0.15) is 0 Å². The zero-order chi connectivity index (χ0) is 17.7. The van der Waals surface area contributed by atoms with Gasteiger partial charge in [-0.1, -0.05) is 29.4 Å². The number of amides is 1. The van der Waals surface area contributed by atoms with Crippen LogP contribution in [0.4, 0.5) is 0 Å². The van der Waals surface area contributed by atoms with E-state index in [4.69, 9.17) is 16.7 Å². The van der Waals surface area contributed by atoms with Crippen LogP contribution in [0.5, 0.6) is 0 Å². The summed E-state index contributed by atoms with van der Waals surface area (Å²) in [6.07, 6.45) is 3.37. The number of nitrogens with zero attached hydrogens (tertiary/aromatic N) is 2. The van der Waals surface area contributed by atoms with Crippen LogP contribution in [-0.2, 0) is 9.59 Å². The van der Waals surface area contributed by atoms with Gasteiger partial charge < -0.3 is 10.4 Å². The van der Waals surface area contributed by atoms with Crippen LogP contribution in [0.1, 0.15) is 18.9 Å². The van der Waals surface area contributed by atoms with E-state index in [1.807, 2.05) is 35.9 Å². The summed E-state index contributed by atoms with van der Waals surface area (Å²) >= 11 is 7.44. The average Bonchev–Trinajstić information content (AvgIpc) is 2.95. The number of thioether (sulfide) groups is 1. The predicted molar refractivity (Wildman–Crippen MR) is 93.9 cm³/mol. The van der Waals surface area contributed by atoms with Crippen molar-refractivity contribution >= 4 is 35.2 Å². The smallest absolute Gasteiger partial charge is 0.305 e. The topological polar surface area (TPSA) is 84.2 Å². The molecule has 2 rings (SSSR count). The van der Waals surface area contributed by atoms with E-state index in [0.717, 1.165) is 11.3 Å². The highest BCUT2D eigenvalue weighted by Crippen LogP contribution is 2.26. The Morgan fingerprint density at radius 3 is 2.92 bits per heavy atom. The summed E-state index contributed by atoms with van der Waals surface area (Å²) in [5.41, 5.74) is 1.83. The summed E-state index contributed by atoms with van der Waals surface area (Å²) in [6.45, 7) is 3.58. The third-order valence-corrected chi connectivity index (χ3v) is 4.70. The first-order valence-electron chi connectivity index (χ1n) is 7.31. The van der Waals surface area contributed by atoms with Crippen molar-refractivity contribution in [1.82, 2.24) is 14.9 Å². The number of rotatable bonds is 7. The summed E-state index contributed by atoms with van der Waals surface area (Å²) in [7, 11) is 0. The number of nitrogens with one attached hydrogen (secondary N) is 1. The molecule has 0 radical (unpaired) electrons. The fourth-order valence-electron chi connectivity index (χ4n) is 2.20. The Hall–Kier alpha value is -1.99. The molecule has 0 aliphatic heterocycles. The number of carboxylic acids is 1. The van der Waals surface area contributed by atoms with Crippen molar-refractivity contribution in [3.8, 4) is 5.69 Å². The molecule has 128 valence electrons. The molecule has 1 unspecified atom stereocenters. The van der Waals surface area contributed by atoms with E-state index in [1.54, 1.807) is 13.1 Å². The Kier molecular flexibility index (Phi) is 6.28. The number of carbonyl (C=O) groups excluding carboxylic acids is 1. The van der Waals surface area contributed by atoms with E-state index in [2.05, 4.69) is 10.3 Å². The van der Waals surface area contributed by atoms with E-state index >= 15 is 0 Å². The second kappa shape index (κ2) is 8.21. The molecule has 1 amide bonds. The lowest BCUT2D eigenvalue weighted by Gasteiger charge is -2.13. The average molecular weight is 368 g/mol. The van der Waals surface area contributed by atoms with Crippen LogP contribution in [0.3, 0.4) is 0 Å². The van der Waals surface area contributed by atoms with Crippen molar-refractivity contribution in [1.29, 1.82) is 0 Å². The Bertz CT molecular complexity index is 748. The third kappa shape index (κ3) is 4.75. The van der Waals surface area contributed by atoms with Gasteiger partial charge in [-0.15, -0.1) is 0 Å². The first kappa shape index (κ1) is 18.4. The van der Waals surface area contributed by atoms with Gasteiger partial charge in [0.05, 0.1) is 17.9 Å². The molecule has 0 bridgehead atoms. The summed E-state index contributed by atoms with van der Waals surface area (Å²) in [5, 5.41) is 12.7. The zero-order valence-electron chi connectivity index (χ0n) is 13.3. The largest absolute Gasteiger partial charge is 0.481 e. The van der Waals surface area contributed by atoms with Crippen molar-refractivity contribution < 1.29 is 14.7 Å². The molecule has 0 aliphatic carbocycles. The number of aliphatic carboxylic acids is 1. The van der Waals surface area contributed by atoms with E-state index in [0.29, 0.717) is 10.2 Å². The molecule has 1 aromatic carbocycles. The lowest BCUT2D eigenvalue weighted by atomic mass is 10.2. The van der Waals surface area contributed by atoms with Crippen LogP contribution in [-0.4, -0.2) is 38.3 Å². The van der Waals surface area contributed by atoms with Gasteiger partial charge in [-0.3, -0.25) is 14.2 Å². The first-order valence-corrected chi connectivity index (χ1v) is 8.67. The van der Waals surface area contributed by atoms with Gasteiger partial charge in [0.25, 0.3) is 0 Å². The molecule has 8 heteroatoms. The summed E-state index contributed by atoms with van der Waals surface area (Å²) in [4.78, 5) is 26.8. The molecular weight excluding hydrogens is 350 g/mol. The molecular formula is C16H18ClN3O3S. The minimum atomic E-state index is -0.942. The molecule has 0 spiro atoms. The van der Waals surface area contributed by atoms with Gasteiger partial charge in [0.2, 0.25) is 5.91 Å². The Balaban J connectivity index is 2.02. The second-order valence-electron chi connectivity index (χ2n) is 5.32. The maximum absolute atomic E-state index is 11.9. The Morgan fingerprint density at radius 1 is 1.46 bits per heavy atom. The van der Waals surface area contributed by atoms with Crippen LogP contribution in [0.15, 0.2) is 35.7 Å². The van der Waals surface area contributed by atoms with Crippen molar-refractivity contribution in [3.05, 3.63) is 41.2 Å². The third-order valence-electron chi connectivity index (χ3n) is 3.33. The molecule has 0 saturated carbocycles. The lowest BCUT2D eigenvalue weighted by molar-refractivity contribution is -0.137. The number of aromatic nitrogens is 2. The fourth-order valence-corrected chi connectivity index (χ4v) is 3.14. The van der Waals surface area contributed by atoms with Gasteiger partial charge in [-0.2, -0.15) is 0 Å². The monoisotopic (exact) mass is 367 g/mol. The Labute approximate surface area is 149 Å². The van der Waals surface area contributed by atoms with Gasteiger partial charge in [0, 0.05) is 23.5 Å². The van der Waals surface area contributed by atoms with E-state index in [9.17, 15) is 9.59 Å². The van der Waals surface area contributed by atoms with Crippen LogP contribution < -0.4 is 5.32 Å². The van der Waals surface area contributed by atoms with Crippen LogP contribution >= 0.6 is 23.4 Å². The number of hydrogen-bond donors (Lipinski definition) is 2. The number of carboxylic acid groups (broad SMARTS) is 1. The van der Waals surface area contributed by atoms with Crippen molar-refractivity contribution in [2.45, 2.75) is 31.5 Å². The van der Waals surface area contributed by atoms with E-state index in [-0.39, 0.29) is 18.1 Å². The van der Waals surface area contributed by atoms with E-state index < -0.39 is 12.0 Å². The normalized spacial score (nSPS) is 12.0. The fraction of sp³-hybridized carbons (Fsp3) is 0.312. The predicted octanol–water partition coefficient (Wildman–Crippen LogP) is 2.91. The molecule has 6 nitrogen and oxygen atoms in total. The van der Waals surface area contributed by atoms with Gasteiger partial charge in [-0.25, -0.2) is 4.98 Å². The highest BCUT2D eigenvalue weighted by molar-refractivity contribution is 7.99. The molecule has 1 aromatic heterocycles. The van der Waals surface area contributed by atoms with Crippen molar-refractivity contribution in [2.24, 2.45) is 0 Å². The summed E-state index contributed by atoms with van der Waals surface area (Å²) in [5.74, 6) is -1.02. The highest BCUT2D eigenvalue weighted by atomic mass is 35.5. The first-order chi connectivity index (χ1) is 11.4. The zero-order valence-corrected chi connectivity index (χ0v) is 14.9. The lowest BCUT2D eigenvalue weighted by Crippen LogP contribution is -2.35. The van der Waals surface area contributed by atoms with Gasteiger partial charge in [-0.05, 0) is 31.5 Å². The molecule has 1 heterocycles. The van der Waals surface area contributed by atoms with Crippen LogP contribution in [0, 0.1) is 6.92 Å². The van der Waals surface area contributed by atoms with Crippen molar-refractivity contribution in [2.75, 3.05) is 5.75 Å². The maximum atomic E-state index is 11.9. The number of carbonyl (C=O) groups is 2. The summed E-state index contributed by atoms with van der Waals surface area (Å²) < 4.78 is 1.87. The Morgan fingerprint density at radius 2 is 2.21 bits per heavy atom. The molecule has 1 atom stereocenters. The van der Waals surface area contributed by atoms with Gasteiger partial charge >= 0.3 is 5.97 Å². The maximum Gasteiger partial charge on any atom is 0.305 e. The molecule has 2 aromatic rings. The van der Waals surface area contributed by atoms with Crippen LogP contribution in [0.25, 0.3) is 5.69 Å². The minimum absolute atomic E-state index is 0.104. The molecule has 0 saturated heterocycles. The van der Waals surface area contributed by atoms with Gasteiger partial charge in [0.15, 0.2) is 5.16 Å². The molecule has 2 N–H and O–H groups in total. The number of halogens is 1. The highest BCUT2D eigenvalue weighted by Gasteiger charge is 2.14. The molecule has 0 aliphatic rings. The number of benzene rings is 1. The number of imidazole rings is 1. The molecule has 24 heavy (non-hydrogen) atoms. The SMILES string of the molecule is Cc1c(Cl)cccc1-n1ccnc1SCC(=O)NC(C)CC(=O)O. The summed E-state index contributed by atoms with van der Waals surface area (Å²) in [6, 6.07) is 5.20. The van der Waals surface area contributed by atoms with E-state index in [1.165, 1.54) is 11.8 Å². The minimum Gasteiger partial charge on any atom is -0.481 e. The number of hydrogen-bond acceptors (Lipinski definition) is 4. The second-order valence-corrected chi connectivity index (χ2v) is 6.67. The van der Waals surface area contributed by atoms with Crippen molar-refractivity contribution in [3.63, 3.8) is 0 Å². The standard InChI is InChI=1S/C16H18ClN3O3S/c1-10(8-15(22)23)19-14(21)9-24-16-18-6-7-20(16)13-5-3-4-12(17)11(13)2/h3-7,10H,8-9H2,1-2H3,(H,19,21)(H,22,23). The molecule has 0 fully saturated rings. The van der Waals surface area contributed by atoms with Crippen LogP contribution in [0.2, 0.25) is 5.02 Å².